The molecule has 6 heteroatoms. The minimum atomic E-state index is -2.61. The van der Waals surface area contributed by atoms with Crippen molar-refractivity contribution in [1.82, 2.24) is 0 Å². The second kappa shape index (κ2) is 9.96. The summed E-state index contributed by atoms with van der Waals surface area (Å²) in [5.41, 5.74) is 0. The van der Waals surface area contributed by atoms with E-state index >= 15 is 0 Å². The van der Waals surface area contributed by atoms with Crippen LogP contribution < -0.4 is 0 Å². The van der Waals surface area contributed by atoms with Crippen molar-refractivity contribution in [3.63, 3.8) is 0 Å². The summed E-state index contributed by atoms with van der Waals surface area (Å²) in [4.78, 5) is 0. The van der Waals surface area contributed by atoms with E-state index in [4.69, 9.17) is 13.3 Å². The normalized spacial score (nSPS) is 5.83. The first-order valence-corrected chi connectivity index (χ1v) is 1.60. The van der Waals surface area contributed by atoms with Gasteiger partial charge in [0, 0.05) is 0 Å². The predicted molar refractivity (Wildman–Crippen MR) is 29.1 cm³/mol. The molecule has 0 amide bonds. The summed E-state index contributed by atoms with van der Waals surface area (Å²) < 4.78 is 22.8. The van der Waals surface area contributed by atoms with E-state index in [9.17, 15) is 0 Å². The minimum absolute atomic E-state index is 0. The van der Waals surface area contributed by atoms with Crippen LogP contribution in [0, 0.1) is 0 Å². The molecule has 0 atom stereocenters. The Kier molecular flexibility index (Phi) is 26.0. The van der Waals surface area contributed by atoms with Crippen LogP contribution in [0.1, 0.15) is 0 Å². The van der Waals surface area contributed by atoms with E-state index in [-0.39, 0.29) is 52.6 Å². The van der Waals surface area contributed by atoms with Gasteiger partial charge in [-0.2, -0.15) is 4.21 Å². The zero-order valence-corrected chi connectivity index (χ0v) is 2.53. The Balaban J connectivity index is -0.0000000450. The molecule has 2 N–H and O–H groups in total. The number of rotatable bonds is 0. The molecule has 0 aromatic heterocycles. The van der Waals surface area contributed by atoms with Gasteiger partial charge in [-0.25, -0.2) is 0 Å². The number of hydrogen-bond acceptors (Lipinski definition) is 1. The summed E-state index contributed by atoms with van der Waals surface area (Å²) in [5, 5.41) is 0. The van der Waals surface area contributed by atoms with Gasteiger partial charge < -0.3 is 0 Å². The molecular formula is H5MgNaO3S. The molecule has 0 fully saturated rings. The van der Waals surface area contributed by atoms with Crippen LogP contribution in [0.5, 0.6) is 0 Å². The summed E-state index contributed by atoms with van der Waals surface area (Å²) in [6.07, 6.45) is 0. The Morgan fingerprint density at radius 2 is 1.33 bits per heavy atom. The molecule has 0 aliphatic heterocycles. The van der Waals surface area contributed by atoms with Crippen molar-refractivity contribution in [2.75, 3.05) is 0 Å². The van der Waals surface area contributed by atoms with Crippen LogP contribution in [-0.2, 0) is 11.4 Å². The van der Waals surface area contributed by atoms with Crippen molar-refractivity contribution in [3.05, 3.63) is 0 Å². The molecule has 0 heterocycles. The van der Waals surface area contributed by atoms with Crippen molar-refractivity contribution >= 4 is 64.0 Å². The molecule has 32 valence electrons. The predicted octanol–water partition coefficient (Wildman–Crippen LogP) is -1.88. The van der Waals surface area contributed by atoms with Gasteiger partial charge in [0.05, 0.1) is 0 Å². The summed E-state index contributed by atoms with van der Waals surface area (Å²) >= 11 is -2.61. The standard InChI is InChI=1S/Mg.Na.H2O3S.3H/c;;1-4(2)3;;;/h;;(H2,1,2,3);;;. The van der Waals surface area contributed by atoms with Crippen molar-refractivity contribution in [2.24, 2.45) is 0 Å². The molecule has 0 aliphatic rings. The van der Waals surface area contributed by atoms with Gasteiger partial charge in [0.1, 0.15) is 0 Å². The van der Waals surface area contributed by atoms with Gasteiger partial charge in [-0.05, 0) is 0 Å². The molecule has 0 radical (unpaired) electrons. The van der Waals surface area contributed by atoms with Crippen LogP contribution in [0.15, 0.2) is 0 Å². The van der Waals surface area contributed by atoms with Gasteiger partial charge in [-0.15, -0.1) is 0 Å². The van der Waals surface area contributed by atoms with Gasteiger partial charge in [0.2, 0.25) is 0 Å². The van der Waals surface area contributed by atoms with Crippen LogP contribution in [0.3, 0.4) is 0 Å². The first kappa shape index (κ1) is 15.7. The van der Waals surface area contributed by atoms with Crippen molar-refractivity contribution in [2.45, 2.75) is 0 Å². The van der Waals surface area contributed by atoms with E-state index < -0.39 is 11.4 Å². The molecule has 3 nitrogen and oxygen atoms in total. The van der Waals surface area contributed by atoms with Gasteiger partial charge in [0.25, 0.3) is 11.4 Å². The summed E-state index contributed by atoms with van der Waals surface area (Å²) in [5.74, 6) is 0. The van der Waals surface area contributed by atoms with Crippen LogP contribution in [0.4, 0.5) is 0 Å². The second-order valence-electron chi connectivity index (χ2n) is 0.231. The topological polar surface area (TPSA) is 57.5 Å². The first-order valence-electron chi connectivity index (χ1n) is 0.532. The van der Waals surface area contributed by atoms with E-state index in [1.807, 2.05) is 0 Å². The Morgan fingerprint density at radius 1 is 1.33 bits per heavy atom. The fourth-order valence-corrected chi connectivity index (χ4v) is 0. The molecule has 0 aliphatic carbocycles. The Bertz CT molecular complexity index is 33.8. The van der Waals surface area contributed by atoms with Crippen LogP contribution in [-0.4, -0.2) is 65.9 Å². The van der Waals surface area contributed by atoms with Gasteiger partial charge in [0.15, 0.2) is 0 Å². The van der Waals surface area contributed by atoms with Crippen molar-refractivity contribution < 1.29 is 13.3 Å². The van der Waals surface area contributed by atoms with Crippen LogP contribution in [0.25, 0.3) is 0 Å². The monoisotopic (exact) mass is 132 g/mol. The number of hydrogen-bond donors (Lipinski definition) is 2. The zero-order valence-electron chi connectivity index (χ0n) is 1.71. The molecule has 0 unspecified atom stereocenters. The molecule has 0 aromatic carbocycles. The maximum absolute atomic E-state index is 8.67. The Labute approximate surface area is 76.4 Å². The van der Waals surface area contributed by atoms with E-state index in [1.54, 1.807) is 0 Å². The quantitative estimate of drug-likeness (QED) is 0.300. The molecule has 0 aromatic rings. The molecule has 0 bridgehead atoms. The third-order valence-corrected chi connectivity index (χ3v) is 0. The Morgan fingerprint density at radius 3 is 1.33 bits per heavy atom. The van der Waals surface area contributed by atoms with Crippen LogP contribution >= 0.6 is 0 Å². The third-order valence-electron chi connectivity index (χ3n) is 0. The van der Waals surface area contributed by atoms with Gasteiger partial charge in [-0.3, -0.25) is 9.11 Å². The molecule has 0 saturated carbocycles. The third kappa shape index (κ3) is 40.5. The molecular weight excluding hydrogens is 127 g/mol. The summed E-state index contributed by atoms with van der Waals surface area (Å²) in [7, 11) is 0. The van der Waals surface area contributed by atoms with E-state index in [2.05, 4.69) is 0 Å². The first-order chi connectivity index (χ1) is 1.73. The SMILES string of the molecule is O=S(O)O.[MgH2].[NaH]. The van der Waals surface area contributed by atoms with Gasteiger partial charge in [-0.1, -0.05) is 0 Å². The zero-order chi connectivity index (χ0) is 3.58. The van der Waals surface area contributed by atoms with E-state index in [0.717, 1.165) is 0 Å². The average molecular weight is 132 g/mol. The Hall–Kier alpha value is 1.84. The summed E-state index contributed by atoms with van der Waals surface area (Å²) in [6.45, 7) is 0. The fourth-order valence-electron chi connectivity index (χ4n) is 0. The molecule has 0 rings (SSSR count). The fraction of sp³-hybridized carbons (Fsp3) is 0. The summed E-state index contributed by atoms with van der Waals surface area (Å²) in [6, 6.07) is 0. The van der Waals surface area contributed by atoms with E-state index in [0.29, 0.717) is 0 Å². The average Bonchev–Trinajstić information content (AvgIpc) is 0.811. The van der Waals surface area contributed by atoms with Gasteiger partial charge >= 0.3 is 52.6 Å². The van der Waals surface area contributed by atoms with E-state index in [1.165, 1.54) is 0 Å². The molecule has 0 saturated heterocycles. The van der Waals surface area contributed by atoms with Crippen molar-refractivity contribution in [1.29, 1.82) is 0 Å². The maximum atomic E-state index is 8.67. The molecule has 0 spiro atoms. The second-order valence-corrected chi connectivity index (χ2v) is 0.692. The van der Waals surface area contributed by atoms with Crippen molar-refractivity contribution in [3.8, 4) is 0 Å². The molecule has 6 heavy (non-hydrogen) atoms. The van der Waals surface area contributed by atoms with Crippen LogP contribution in [0.2, 0.25) is 0 Å².